The largest absolute Gasteiger partial charge is 0.493 e. The number of nitrogens with one attached hydrogen (secondary N) is 1. The standard InChI is InChI=1S/C20H27N3O3/c1-3-4-9-26-19-8-6-5-7-17(19)20(25)23-12-15(18(24)13-23)11-16-10-14(2)21-22-16/h5-8,10,15,18,24H,3-4,9,11-13H2,1-2H3,(H,21,22)/t15-,18-/m1/s1. The van der Waals surface area contributed by atoms with E-state index < -0.39 is 6.10 Å². The molecule has 1 fully saturated rings. The Kier molecular flexibility index (Phi) is 5.93. The molecule has 1 aromatic carbocycles. The molecule has 1 aliphatic rings. The number of aliphatic hydroxyl groups is 1. The fourth-order valence-electron chi connectivity index (χ4n) is 3.33. The maximum absolute atomic E-state index is 13.0. The van der Waals surface area contributed by atoms with Gasteiger partial charge in [-0.1, -0.05) is 25.5 Å². The zero-order chi connectivity index (χ0) is 18.5. The third kappa shape index (κ3) is 4.25. The fraction of sp³-hybridized carbons (Fsp3) is 0.500. The van der Waals surface area contributed by atoms with Crippen molar-refractivity contribution in [1.29, 1.82) is 0 Å². The summed E-state index contributed by atoms with van der Waals surface area (Å²) in [5.41, 5.74) is 2.48. The molecule has 1 saturated heterocycles. The molecule has 0 bridgehead atoms. The van der Waals surface area contributed by atoms with E-state index in [4.69, 9.17) is 4.74 Å². The number of aliphatic hydroxyl groups excluding tert-OH is 1. The Morgan fingerprint density at radius 3 is 2.92 bits per heavy atom. The van der Waals surface area contributed by atoms with Crippen molar-refractivity contribution in [2.75, 3.05) is 19.7 Å². The van der Waals surface area contributed by atoms with Crippen LogP contribution in [-0.2, 0) is 6.42 Å². The van der Waals surface area contributed by atoms with Crippen LogP contribution in [0.25, 0.3) is 0 Å². The smallest absolute Gasteiger partial charge is 0.257 e. The molecule has 1 amide bonds. The number of aryl methyl sites for hydroxylation is 1. The number of H-pyrrole nitrogens is 1. The Balaban J connectivity index is 1.67. The average Bonchev–Trinajstić information content (AvgIpc) is 3.21. The third-order valence-corrected chi connectivity index (χ3v) is 4.80. The molecule has 6 nitrogen and oxygen atoms in total. The average molecular weight is 357 g/mol. The van der Waals surface area contributed by atoms with Crippen LogP contribution in [0.5, 0.6) is 5.75 Å². The lowest BCUT2D eigenvalue weighted by atomic mass is 10.0. The van der Waals surface area contributed by atoms with Crippen LogP contribution in [0.2, 0.25) is 0 Å². The maximum Gasteiger partial charge on any atom is 0.257 e. The second kappa shape index (κ2) is 8.36. The minimum absolute atomic E-state index is 0.00479. The zero-order valence-electron chi connectivity index (χ0n) is 15.4. The molecule has 2 aromatic rings. The summed E-state index contributed by atoms with van der Waals surface area (Å²) in [6.07, 6.45) is 2.12. The molecular weight excluding hydrogens is 330 g/mol. The van der Waals surface area contributed by atoms with Crippen molar-refractivity contribution in [3.05, 3.63) is 47.3 Å². The molecule has 1 aliphatic heterocycles. The van der Waals surface area contributed by atoms with Gasteiger partial charge in [0, 0.05) is 24.7 Å². The van der Waals surface area contributed by atoms with E-state index in [0.717, 1.165) is 24.2 Å². The number of aromatic amines is 1. The Bertz CT molecular complexity index is 743. The Labute approximate surface area is 154 Å². The summed E-state index contributed by atoms with van der Waals surface area (Å²) < 4.78 is 5.79. The number of hydrogen-bond donors (Lipinski definition) is 2. The van der Waals surface area contributed by atoms with Crippen LogP contribution >= 0.6 is 0 Å². The first kappa shape index (κ1) is 18.5. The number of β-amino-alcohol motifs (C(OH)–C–C–N with tert-alkyl or cyclic N) is 1. The lowest BCUT2D eigenvalue weighted by Gasteiger charge is -2.18. The van der Waals surface area contributed by atoms with Crippen molar-refractivity contribution < 1.29 is 14.6 Å². The zero-order valence-corrected chi connectivity index (χ0v) is 15.4. The number of carbonyl (C=O) groups is 1. The second-order valence-corrected chi connectivity index (χ2v) is 6.98. The van der Waals surface area contributed by atoms with Gasteiger partial charge in [-0.25, -0.2) is 0 Å². The first-order valence-electron chi connectivity index (χ1n) is 9.28. The highest BCUT2D eigenvalue weighted by Crippen LogP contribution is 2.26. The highest BCUT2D eigenvalue weighted by Gasteiger charge is 2.35. The van der Waals surface area contributed by atoms with Crippen molar-refractivity contribution >= 4 is 5.91 Å². The van der Waals surface area contributed by atoms with Crippen LogP contribution in [-0.4, -0.2) is 51.9 Å². The van der Waals surface area contributed by atoms with Crippen LogP contribution in [0.4, 0.5) is 0 Å². The minimum atomic E-state index is -0.538. The first-order chi connectivity index (χ1) is 12.6. The number of hydrogen-bond acceptors (Lipinski definition) is 4. The van der Waals surface area contributed by atoms with E-state index in [-0.39, 0.29) is 11.8 Å². The lowest BCUT2D eigenvalue weighted by molar-refractivity contribution is 0.0760. The predicted octanol–water partition coefficient (Wildman–Crippen LogP) is 2.57. The number of rotatable bonds is 7. The molecule has 2 heterocycles. The Morgan fingerprint density at radius 2 is 2.19 bits per heavy atom. The third-order valence-electron chi connectivity index (χ3n) is 4.80. The van der Waals surface area contributed by atoms with Crippen molar-refractivity contribution in [1.82, 2.24) is 15.1 Å². The number of aromatic nitrogens is 2. The van der Waals surface area contributed by atoms with E-state index in [1.54, 1.807) is 11.0 Å². The molecule has 2 atom stereocenters. The van der Waals surface area contributed by atoms with Crippen LogP contribution in [0.1, 0.15) is 41.5 Å². The van der Waals surface area contributed by atoms with Gasteiger partial charge in [0.25, 0.3) is 5.91 Å². The molecule has 3 rings (SSSR count). The maximum atomic E-state index is 13.0. The summed E-state index contributed by atoms with van der Waals surface area (Å²) in [6.45, 7) is 5.52. The van der Waals surface area contributed by atoms with Gasteiger partial charge in [-0.2, -0.15) is 5.10 Å². The highest BCUT2D eigenvalue weighted by molar-refractivity contribution is 5.97. The summed E-state index contributed by atoms with van der Waals surface area (Å²) in [5.74, 6) is 0.526. The Morgan fingerprint density at radius 1 is 1.38 bits per heavy atom. The summed E-state index contributed by atoms with van der Waals surface area (Å²) >= 11 is 0. The van der Waals surface area contributed by atoms with E-state index in [2.05, 4.69) is 17.1 Å². The number of carbonyl (C=O) groups excluding carboxylic acids is 1. The molecule has 0 saturated carbocycles. The minimum Gasteiger partial charge on any atom is -0.493 e. The van der Waals surface area contributed by atoms with E-state index in [0.29, 0.717) is 37.4 Å². The molecule has 2 N–H and O–H groups in total. The van der Waals surface area contributed by atoms with Crippen molar-refractivity contribution in [3.8, 4) is 5.75 Å². The van der Waals surface area contributed by atoms with Gasteiger partial charge in [0.1, 0.15) is 5.75 Å². The van der Waals surface area contributed by atoms with Gasteiger partial charge in [0.2, 0.25) is 0 Å². The second-order valence-electron chi connectivity index (χ2n) is 6.98. The van der Waals surface area contributed by atoms with Crippen LogP contribution < -0.4 is 4.74 Å². The lowest BCUT2D eigenvalue weighted by Crippen LogP contribution is -2.30. The molecule has 140 valence electrons. The van der Waals surface area contributed by atoms with E-state index >= 15 is 0 Å². The van der Waals surface area contributed by atoms with Crippen LogP contribution in [0, 0.1) is 12.8 Å². The highest BCUT2D eigenvalue weighted by atomic mass is 16.5. The molecule has 26 heavy (non-hydrogen) atoms. The molecule has 6 heteroatoms. The number of para-hydroxylation sites is 1. The number of unbranched alkanes of at least 4 members (excludes halogenated alkanes) is 1. The molecule has 0 aliphatic carbocycles. The number of benzene rings is 1. The predicted molar refractivity (Wildman–Crippen MR) is 99.3 cm³/mol. The van der Waals surface area contributed by atoms with E-state index in [9.17, 15) is 9.90 Å². The van der Waals surface area contributed by atoms with Gasteiger partial charge in [0.05, 0.1) is 24.0 Å². The molecule has 0 spiro atoms. The summed E-state index contributed by atoms with van der Waals surface area (Å²) in [7, 11) is 0. The fourth-order valence-corrected chi connectivity index (χ4v) is 3.33. The van der Waals surface area contributed by atoms with Gasteiger partial charge >= 0.3 is 0 Å². The van der Waals surface area contributed by atoms with Gasteiger partial charge in [-0.3, -0.25) is 9.89 Å². The van der Waals surface area contributed by atoms with Crippen molar-refractivity contribution in [3.63, 3.8) is 0 Å². The Hall–Kier alpha value is -2.34. The quantitative estimate of drug-likeness (QED) is 0.747. The van der Waals surface area contributed by atoms with Crippen LogP contribution in [0.15, 0.2) is 30.3 Å². The van der Waals surface area contributed by atoms with Crippen molar-refractivity contribution in [2.24, 2.45) is 5.92 Å². The number of ether oxygens (including phenoxy) is 1. The summed E-state index contributed by atoms with van der Waals surface area (Å²) in [6, 6.07) is 9.32. The number of nitrogens with zero attached hydrogens (tertiary/aromatic N) is 2. The SMILES string of the molecule is CCCCOc1ccccc1C(=O)N1C[C@@H](Cc2cc(C)[nH]n2)[C@H](O)C1. The van der Waals surface area contributed by atoms with Gasteiger partial charge in [-0.05, 0) is 38.0 Å². The van der Waals surface area contributed by atoms with Gasteiger partial charge in [-0.15, -0.1) is 0 Å². The van der Waals surface area contributed by atoms with E-state index in [1.807, 2.05) is 31.2 Å². The molecule has 1 aromatic heterocycles. The molecule has 0 radical (unpaired) electrons. The van der Waals surface area contributed by atoms with Crippen LogP contribution in [0.3, 0.4) is 0 Å². The number of amides is 1. The topological polar surface area (TPSA) is 78.5 Å². The summed E-state index contributed by atoms with van der Waals surface area (Å²) in [4.78, 5) is 14.7. The van der Waals surface area contributed by atoms with Gasteiger partial charge < -0.3 is 14.7 Å². The normalized spacial score (nSPS) is 19.7. The summed E-state index contributed by atoms with van der Waals surface area (Å²) in [5, 5.41) is 17.6. The van der Waals surface area contributed by atoms with Gasteiger partial charge in [0.15, 0.2) is 0 Å². The number of likely N-dealkylation sites (tertiary alicyclic amines) is 1. The van der Waals surface area contributed by atoms with E-state index in [1.165, 1.54) is 0 Å². The monoisotopic (exact) mass is 357 g/mol. The molecule has 0 unspecified atom stereocenters. The van der Waals surface area contributed by atoms with Crippen molar-refractivity contribution in [2.45, 2.75) is 39.2 Å². The first-order valence-corrected chi connectivity index (χ1v) is 9.28. The molecular formula is C20H27N3O3.